The Labute approximate surface area is 116 Å². The monoisotopic (exact) mass is 279 g/mol. The van der Waals surface area contributed by atoms with Crippen LogP contribution in [-0.2, 0) is 4.79 Å². The lowest BCUT2D eigenvalue weighted by Crippen LogP contribution is -2.38. The van der Waals surface area contributed by atoms with Gasteiger partial charge in [-0.2, -0.15) is 0 Å². The second kappa shape index (κ2) is 6.05. The van der Waals surface area contributed by atoms with Gasteiger partial charge >= 0.3 is 12.0 Å². The zero-order chi connectivity index (χ0) is 15.3. The summed E-state index contributed by atoms with van der Waals surface area (Å²) in [5.74, 6) is -1.42. The summed E-state index contributed by atoms with van der Waals surface area (Å²) >= 11 is 0. The van der Waals surface area contributed by atoms with Gasteiger partial charge in [-0.3, -0.25) is 9.59 Å². The molecule has 0 saturated heterocycles. The number of primary amides is 1. The fourth-order valence-corrected chi connectivity index (χ4v) is 1.36. The standard InChI is InChI=1S/C13H17N3O4/c1-13(2,11(18)19)7-15-10(17)8-4-3-5-9(6-8)16-12(14)20/h3-6H,7H2,1-2H3,(H,15,17)(H,18,19)(H3,14,16,20). The number of carboxylic acids is 1. The van der Waals surface area contributed by atoms with Crippen LogP contribution in [0, 0.1) is 5.41 Å². The first-order valence-electron chi connectivity index (χ1n) is 5.90. The van der Waals surface area contributed by atoms with Crippen LogP contribution in [0.2, 0.25) is 0 Å². The number of carboxylic acid groups (broad SMARTS) is 1. The first-order valence-corrected chi connectivity index (χ1v) is 5.90. The van der Waals surface area contributed by atoms with Crippen LogP contribution in [0.3, 0.4) is 0 Å². The van der Waals surface area contributed by atoms with Gasteiger partial charge in [0.1, 0.15) is 0 Å². The number of amides is 3. The number of hydrogen-bond acceptors (Lipinski definition) is 3. The Morgan fingerprint density at radius 1 is 1.30 bits per heavy atom. The predicted molar refractivity (Wildman–Crippen MR) is 73.4 cm³/mol. The van der Waals surface area contributed by atoms with Crippen LogP contribution in [0.5, 0.6) is 0 Å². The fourth-order valence-electron chi connectivity index (χ4n) is 1.36. The predicted octanol–water partition coefficient (Wildman–Crippen LogP) is 1.02. The van der Waals surface area contributed by atoms with Gasteiger partial charge in [-0.25, -0.2) is 4.79 Å². The van der Waals surface area contributed by atoms with Gasteiger partial charge < -0.3 is 21.5 Å². The zero-order valence-corrected chi connectivity index (χ0v) is 11.3. The minimum absolute atomic E-state index is 0.00532. The molecule has 0 aliphatic rings. The lowest BCUT2D eigenvalue weighted by atomic mass is 9.94. The van der Waals surface area contributed by atoms with Gasteiger partial charge in [0.05, 0.1) is 5.41 Å². The molecule has 0 heterocycles. The van der Waals surface area contributed by atoms with Gasteiger partial charge in [0.25, 0.3) is 5.91 Å². The van der Waals surface area contributed by atoms with Gasteiger partial charge in [-0.1, -0.05) is 6.07 Å². The number of rotatable bonds is 5. The van der Waals surface area contributed by atoms with Crippen molar-refractivity contribution in [2.75, 3.05) is 11.9 Å². The van der Waals surface area contributed by atoms with Crippen molar-refractivity contribution in [3.05, 3.63) is 29.8 Å². The molecular formula is C13H17N3O4. The quantitative estimate of drug-likeness (QED) is 0.642. The summed E-state index contributed by atoms with van der Waals surface area (Å²) in [5.41, 5.74) is 4.62. The van der Waals surface area contributed by atoms with Crippen LogP contribution in [0.15, 0.2) is 24.3 Å². The maximum atomic E-state index is 11.9. The summed E-state index contributed by atoms with van der Waals surface area (Å²) in [6.07, 6.45) is 0. The lowest BCUT2D eigenvalue weighted by molar-refractivity contribution is -0.146. The Bertz CT molecular complexity index is 540. The minimum atomic E-state index is -1.06. The van der Waals surface area contributed by atoms with Crippen molar-refractivity contribution >= 4 is 23.6 Å². The van der Waals surface area contributed by atoms with Crippen LogP contribution in [-0.4, -0.2) is 29.6 Å². The maximum Gasteiger partial charge on any atom is 0.316 e. The van der Waals surface area contributed by atoms with E-state index in [-0.39, 0.29) is 6.54 Å². The average molecular weight is 279 g/mol. The second-order valence-electron chi connectivity index (χ2n) is 4.94. The Morgan fingerprint density at radius 3 is 2.50 bits per heavy atom. The van der Waals surface area contributed by atoms with Crippen LogP contribution in [0.25, 0.3) is 0 Å². The first kappa shape index (κ1) is 15.5. The van der Waals surface area contributed by atoms with E-state index in [0.717, 1.165) is 0 Å². The number of nitrogens with two attached hydrogens (primary N) is 1. The molecule has 0 aliphatic carbocycles. The molecule has 0 bridgehead atoms. The topological polar surface area (TPSA) is 122 Å². The third kappa shape index (κ3) is 4.27. The number of carbonyl (C=O) groups is 3. The summed E-state index contributed by atoms with van der Waals surface area (Å²) < 4.78 is 0. The molecule has 0 unspecified atom stereocenters. The normalized spacial score (nSPS) is 10.7. The highest BCUT2D eigenvalue weighted by molar-refractivity contribution is 5.96. The van der Waals surface area contributed by atoms with Crippen molar-refractivity contribution in [3.8, 4) is 0 Å². The smallest absolute Gasteiger partial charge is 0.316 e. The Hall–Kier alpha value is -2.57. The largest absolute Gasteiger partial charge is 0.481 e. The van der Waals surface area contributed by atoms with E-state index in [1.54, 1.807) is 18.2 Å². The van der Waals surface area contributed by atoms with E-state index in [4.69, 9.17) is 10.8 Å². The van der Waals surface area contributed by atoms with Crippen molar-refractivity contribution in [3.63, 3.8) is 0 Å². The van der Waals surface area contributed by atoms with Crippen LogP contribution in [0.1, 0.15) is 24.2 Å². The molecule has 0 spiro atoms. The summed E-state index contributed by atoms with van der Waals surface area (Å²) in [5, 5.41) is 13.8. The van der Waals surface area contributed by atoms with E-state index >= 15 is 0 Å². The second-order valence-corrected chi connectivity index (χ2v) is 4.94. The molecule has 1 aromatic carbocycles. The van der Waals surface area contributed by atoms with E-state index in [2.05, 4.69) is 10.6 Å². The summed E-state index contributed by atoms with van der Waals surface area (Å²) in [4.78, 5) is 33.6. The van der Waals surface area contributed by atoms with Gasteiger partial charge in [-0.05, 0) is 32.0 Å². The SMILES string of the molecule is CC(C)(CNC(=O)c1cccc(NC(N)=O)c1)C(=O)O. The number of hydrogen-bond donors (Lipinski definition) is 4. The highest BCUT2D eigenvalue weighted by Crippen LogP contribution is 2.14. The van der Waals surface area contributed by atoms with Gasteiger partial charge in [0.2, 0.25) is 0 Å². The van der Waals surface area contributed by atoms with Crippen molar-refractivity contribution in [2.45, 2.75) is 13.8 Å². The van der Waals surface area contributed by atoms with Crippen molar-refractivity contribution in [2.24, 2.45) is 11.1 Å². The molecule has 7 nitrogen and oxygen atoms in total. The maximum absolute atomic E-state index is 11.9. The molecule has 7 heteroatoms. The molecular weight excluding hydrogens is 262 g/mol. The molecule has 0 radical (unpaired) electrons. The molecule has 3 amide bonds. The number of carbonyl (C=O) groups excluding carboxylic acids is 2. The fraction of sp³-hybridized carbons (Fsp3) is 0.308. The average Bonchev–Trinajstić information content (AvgIpc) is 2.35. The highest BCUT2D eigenvalue weighted by Gasteiger charge is 2.27. The molecule has 108 valence electrons. The van der Waals surface area contributed by atoms with Crippen molar-refractivity contribution in [1.82, 2.24) is 5.32 Å². The van der Waals surface area contributed by atoms with Gasteiger partial charge in [-0.15, -0.1) is 0 Å². The van der Waals surface area contributed by atoms with Crippen molar-refractivity contribution in [1.29, 1.82) is 0 Å². The van der Waals surface area contributed by atoms with Crippen LogP contribution >= 0.6 is 0 Å². The summed E-state index contributed by atoms with van der Waals surface area (Å²) in [7, 11) is 0. The summed E-state index contributed by atoms with van der Waals surface area (Å²) in [6, 6.07) is 5.45. The molecule has 0 atom stereocenters. The minimum Gasteiger partial charge on any atom is -0.481 e. The molecule has 5 N–H and O–H groups in total. The Kier molecular flexibility index (Phi) is 4.68. The lowest BCUT2D eigenvalue weighted by Gasteiger charge is -2.19. The molecule has 0 aliphatic heterocycles. The third-order valence-corrected chi connectivity index (χ3v) is 2.66. The Morgan fingerprint density at radius 2 is 1.95 bits per heavy atom. The van der Waals surface area contributed by atoms with Crippen molar-refractivity contribution < 1.29 is 19.5 Å². The molecule has 0 aromatic heterocycles. The highest BCUT2D eigenvalue weighted by atomic mass is 16.4. The van der Waals surface area contributed by atoms with Gasteiger partial charge in [0, 0.05) is 17.8 Å². The van der Waals surface area contributed by atoms with E-state index < -0.39 is 23.3 Å². The number of benzene rings is 1. The first-order chi connectivity index (χ1) is 9.22. The zero-order valence-electron chi connectivity index (χ0n) is 11.3. The number of urea groups is 1. The van der Waals surface area contributed by atoms with E-state index in [1.807, 2.05) is 0 Å². The van der Waals surface area contributed by atoms with E-state index in [9.17, 15) is 14.4 Å². The van der Waals surface area contributed by atoms with E-state index in [1.165, 1.54) is 19.9 Å². The third-order valence-electron chi connectivity index (χ3n) is 2.66. The number of anilines is 1. The van der Waals surface area contributed by atoms with Crippen LogP contribution < -0.4 is 16.4 Å². The molecule has 0 saturated carbocycles. The molecule has 20 heavy (non-hydrogen) atoms. The molecule has 1 aromatic rings. The summed E-state index contributed by atoms with van der Waals surface area (Å²) in [6.45, 7) is 3.02. The molecule has 1 rings (SSSR count). The van der Waals surface area contributed by atoms with Crippen LogP contribution in [0.4, 0.5) is 10.5 Å². The van der Waals surface area contributed by atoms with E-state index in [0.29, 0.717) is 11.3 Å². The number of aliphatic carboxylic acids is 1. The number of nitrogens with one attached hydrogen (secondary N) is 2. The Balaban J connectivity index is 2.73. The molecule has 0 fully saturated rings. The van der Waals surface area contributed by atoms with Gasteiger partial charge in [0.15, 0.2) is 0 Å².